The van der Waals surface area contributed by atoms with E-state index in [1.807, 2.05) is 31.3 Å². The summed E-state index contributed by atoms with van der Waals surface area (Å²) in [5.41, 5.74) is 1.04. The molecule has 19 heavy (non-hydrogen) atoms. The summed E-state index contributed by atoms with van der Waals surface area (Å²) in [6.45, 7) is 2.03. The highest BCUT2D eigenvalue weighted by Crippen LogP contribution is 2.30. The summed E-state index contributed by atoms with van der Waals surface area (Å²) in [4.78, 5) is 11.6. The first-order valence-corrected chi connectivity index (χ1v) is 6.91. The lowest BCUT2D eigenvalue weighted by Crippen LogP contribution is -2.26. The maximum Gasteiger partial charge on any atom is 0.221 e. The molecule has 0 bridgehead atoms. The van der Waals surface area contributed by atoms with E-state index in [2.05, 4.69) is 10.6 Å². The van der Waals surface area contributed by atoms with E-state index in [1.165, 1.54) is 12.8 Å². The van der Waals surface area contributed by atoms with Crippen LogP contribution in [0, 0.1) is 5.92 Å². The van der Waals surface area contributed by atoms with Crippen molar-refractivity contribution in [2.75, 3.05) is 20.2 Å². The number of para-hydroxylation sites is 1. The van der Waals surface area contributed by atoms with Gasteiger partial charge in [0.05, 0.1) is 6.61 Å². The number of carbonyl (C=O) groups excluding carboxylic acids is 1. The van der Waals surface area contributed by atoms with Crippen LogP contribution in [0.5, 0.6) is 5.75 Å². The fourth-order valence-corrected chi connectivity index (χ4v) is 1.80. The van der Waals surface area contributed by atoms with Gasteiger partial charge < -0.3 is 15.4 Å². The zero-order valence-electron chi connectivity index (χ0n) is 11.4. The van der Waals surface area contributed by atoms with Gasteiger partial charge in [0.15, 0.2) is 0 Å². The van der Waals surface area contributed by atoms with Crippen LogP contribution in [0.4, 0.5) is 0 Å². The van der Waals surface area contributed by atoms with Gasteiger partial charge in [-0.15, -0.1) is 0 Å². The molecule has 0 unspecified atom stereocenters. The fourth-order valence-electron chi connectivity index (χ4n) is 1.80. The smallest absolute Gasteiger partial charge is 0.221 e. The van der Waals surface area contributed by atoms with Crippen LogP contribution in [-0.4, -0.2) is 26.1 Å². The maximum absolute atomic E-state index is 11.6. The van der Waals surface area contributed by atoms with Gasteiger partial charge in [-0.2, -0.15) is 0 Å². The van der Waals surface area contributed by atoms with Crippen LogP contribution in [0.3, 0.4) is 0 Å². The zero-order chi connectivity index (χ0) is 13.5. The summed E-state index contributed by atoms with van der Waals surface area (Å²) in [5.74, 6) is 1.69. The molecule has 1 amide bonds. The van der Waals surface area contributed by atoms with Crippen molar-refractivity contribution < 1.29 is 9.53 Å². The molecule has 2 rings (SSSR count). The van der Waals surface area contributed by atoms with Crippen LogP contribution in [0.2, 0.25) is 0 Å². The molecule has 0 radical (unpaired) electrons. The van der Waals surface area contributed by atoms with E-state index >= 15 is 0 Å². The van der Waals surface area contributed by atoms with Gasteiger partial charge in [-0.05, 0) is 31.9 Å². The molecule has 4 nitrogen and oxygen atoms in total. The van der Waals surface area contributed by atoms with E-state index in [-0.39, 0.29) is 5.91 Å². The Bertz CT molecular complexity index is 416. The van der Waals surface area contributed by atoms with E-state index in [0.29, 0.717) is 19.5 Å². The third-order valence-electron chi connectivity index (χ3n) is 3.22. The van der Waals surface area contributed by atoms with Gasteiger partial charge in [0, 0.05) is 25.1 Å². The van der Waals surface area contributed by atoms with Crippen molar-refractivity contribution >= 4 is 5.91 Å². The van der Waals surface area contributed by atoms with Crippen molar-refractivity contribution in [3.63, 3.8) is 0 Å². The highest BCUT2D eigenvalue weighted by molar-refractivity contribution is 5.76. The van der Waals surface area contributed by atoms with E-state index in [1.54, 1.807) is 0 Å². The van der Waals surface area contributed by atoms with Crippen molar-refractivity contribution in [2.45, 2.75) is 25.8 Å². The summed E-state index contributed by atoms with van der Waals surface area (Å²) in [6, 6.07) is 7.91. The molecule has 0 heterocycles. The number of amides is 1. The molecule has 1 aliphatic carbocycles. The van der Waals surface area contributed by atoms with Crippen LogP contribution in [-0.2, 0) is 11.3 Å². The van der Waals surface area contributed by atoms with Crippen LogP contribution in [0.25, 0.3) is 0 Å². The monoisotopic (exact) mass is 262 g/mol. The van der Waals surface area contributed by atoms with Crippen LogP contribution in [0.1, 0.15) is 24.8 Å². The first-order valence-electron chi connectivity index (χ1n) is 6.91. The van der Waals surface area contributed by atoms with Crippen LogP contribution >= 0.6 is 0 Å². The number of carbonyl (C=O) groups is 1. The number of hydrogen-bond acceptors (Lipinski definition) is 3. The summed E-state index contributed by atoms with van der Waals surface area (Å²) < 4.78 is 5.81. The Morgan fingerprint density at radius 1 is 1.37 bits per heavy atom. The summed E-state index contributed by atoms with van der Waals surface area (Å²) >= 11 is 0. The van der Waals surface area contributed by atoms with Gasteiger partial charge in [-0.25, -0.2) is 0 Å². The first-order chi connectivity index (χ1) is 9.29. The minimum Gasteiger partial charge on any atom is -0.493 e. The standard InChI is InChI=1S/C15H22N2O2/c1-16-9-8-15(18)17-10-13-4-2-3-5-14(13)19-11-12-6-7-12/h2-5,12,16H,6-11H2,1H3,(H,17,18). The average molecular weight is 262 g/mol. The lowest BCUT2D eigenvalue weighted by Gasteiger charge is -2.12. The largest absolute Gasteiger partial charge is 0.493 e. The number of hydrogen-bond donors (Lipinski definition) is 2. The van der Waals surface area contributed by atoms with Gasteiger partial charge >= 0.3 is 0 Å². The molecular formula is C15H22N2O2. The van der Waals surface area contributed by atoms with Gasteiger partial charge in [0.2, 0.25) is 5.91 Å². The number of ether oxygens (including phenoxy) is 1. The van der Waals surface area contributed by atoms with Crippen molar-refractivity contribution in [3.8, 4) is 5.75 Å². The Morgan fingerprint density at radius 2 is 2.16 bits per heavy atom. The molecule has 2 N–H and O–H groups in total. The molecule has 0 aromatic heterocycles. The average Bonchev–Trinajstić information content (AvgIpc) is 3.25. The zero-order valence-corrected chi connectivity index (χ0v) is 11.4. The maximum atomic E-state index is 11.6. The van der Waals surface area contributed by atoms with Crippen molar-refractivity contribution in [1.29, 1.82) is 0 Å². The molecule has 1 aromatic carbocycles. The van der Waals surface area contributed by atoms with Gasteiger partial charge in [-0.1, -0.05) is 18.2 Å². The molecule has 0 saturated heterocycles. The minimum absolute atomic E-state index is 0.0614. The highest BCUT2D eigenvalue weighted by Gasteiger charge is 2.22. The lowest BCUT2D eigenvalue weighted by molar-refractivity contribution is -0.121. The van der Waals surface area contributed by atoms with E-state index in [9.17, 15) is 4.79 Å². The second-order valence-electron chi connectivity index (χ2n) is 4.99. The van der Waals surface area contributed by atoms with Gasteiger partial charge in [-0.3, -0.25) is 4.79 Å². The third kappa shape index (κ3) is 4.91. The van der Waals surface area contributed by atoms with E-state index < -0.39 is 0 Å². The Kier molecular flexibility index (Phi) is 5.21. The molecular weight excluding hydrogens is 240 g/mol. The number of nitrogens with one attached hydrogen (secondary N) is 2. The Hall–Kier alpha value is -1.55. The van der Waals surface area contributed by atoms with E-state index in [0.717, 1.165) is 23.8 Å². The second-order valence-corrected chi connectivity index (χ2v) is 4.99. The predicted molar refractivity (Wildman–Crippen MR) is 75.1 cm³/mol. The minimum atomic E-state index is 0.0614. The SMILES string of the molecule is CNCCC(=O)NCc1ccccc1OCC1CC1. The van der Waals surface area contributed by atoms with Gasteiger partial charge in [0.1, 0.15) is 5.75 Å². The molecule has 1 aliphatic rings. The Labute approximate surface area is 114 Å². The molecule has 4 heteroatoms. The highest BCUT2D eigenvalue weighted by atomic mass is 16.5. The lowest BCUT2D eigenvalue weighted by atomic mass is 10.2. The Morgan fingerprint density at radius 3 is 2.89 bits per heavy atom. The number of rotatable bonds is 8. The van der Waals surface area contributed by atoms with Gasteiger partial charge in [0.25, 0.3) is 0 Å². The van der Waals surface area contributed by atoms with E-state index in [4.69, 9.17) is 4.74 Å². The first kappa shape index (κ1) is 13.9. The normalized spacial score (nSPS) is 14.2. The quantitative estimate of drug-likeness (QED) is 0.750. The summed E-state index contributed by atoms with van der Waals surface area (Å²) in [6.07, 6.45) is 3.06. The van der Waals surface area contributed by atoms with Crippen molar-refractivity contribution in [2.24, 2.45) is 5.92 Å². The fraction of sp³-hybridized carbons (Fsp3) is 0.533. The molecule has 104 valence electrons. The second kappa shape index (κ2) is 7.14. The Balaban J connectivity index is 1.82. The third-order valence-corrected chi connectivity index (χ3v) is 3.22. The summed E-state index contributed by atoms with van der Waals surface area (Å²) in [5, 5.41) is 5.88. The topological polar surface area (TPSA) is 50.4 Å². The molecule has 1 aromatic rings. The molecule has 0 spiro atoms. The molecule has 1 fully saturated rings. The number of benzene rings is 1. The predicted octanol–water partition coefficient (Wildman–Crippen LogP) is 1.70. The molecule has 1 saturated carbocycles. The van der Waals surface area contributed by atoms with Crippen LogP contribution in [0.15, 0.2) is 24.3 Å². The van der Waals surface area contributed by atoms with Crippen molar-refractivity contribution in [3.05, 3.63) is 29.8 Å². The molecule has 0 aliphatic heterocycles. The van der Waals surface area contributed by atoms with Crippen LogP contribution < -0.4 is 15.4 Å². The van der Waals surface area contributed by atoms with Crippen molar-refractivity contribution in [1.82, 2.24) is 10.6 Å². The molecule has 0 atom stereocenters. The summed E-state index contributed by atoms with van der Waals surface area (Å²) in [7, 11) is 1.84.